The van der Waals surface area contributed by atoms with Crippen LogP contribution in [0.25, 0.3) is 0 Å². The van der Waals surface area contributed by atoms with Crippen LogP contribution in [0.4, 0.5) is 0 Å². The second-order valence-electron chi connectivity index (χ2n) is 3.21. The van der Waals surface area contributed by atoms with E-state index in [9.17, 15) is 0 Å². The Bertz CT molecular complexity index is 253. The first kappa shape index (κ1) is 7.61. The Morgan fingerprint density at radius 1 is 1.75 bits per heavy atom. The summed E-state index contributed by atoms with van der Waals surface area (Å²) in [6.45, 7) is 1.97. The van der Waals surface area contributed by atoms with Crippen LogP contribution in [0, 0.1) is 0 Å². The highest BCUT2D eigenvalue weighted by atomic mass is 16.3. The number of aromatic nitrogens is 2. The Kier molecular flexibility index (Phi) is 1.99. The Labute approximate surface area is 71.2 Å². The third-order valence-corrected chi connectivity index (χ3v) is 2.19. The fourth-order valence-electron chi connectivity index (χ4n) is 1.59. The van der Waals surface area contributed by atoms with E-state index in [2.05, 4.69) is 10.4 Å². The van der Waals surface area contributed by atoms with Crippen molar-refractivity contribution >= 4 is 0 Å². The summed E-state index contributed by atoms with van der Waals surface area (Å²) in [5, 5.41) is 16.4. The Morgan fingerprint density at radius 2 is 2.67 bits per heavy atom. The Hall–Kier alpha value is -1.03. The molecule has 2 rings (SSSR count). The van der Waals surface area contributed by atoms with Crippen molar-refractivity contribution in [2.75, 3.05) is 6.54 Å². The van der Waals surface area contributed by atoms with Crippen LogP contribution in [0.2, 0.25) is 0 Å². The molecule has 0 aliphatic carbocycles. The smallest absolute Gasteiger partial charge is 0.153 e. The molecule has 66 valence electrons. The normalized spacial score (nSPS) is 23.2. The van der Waals surface area contributed by atoms with Crippen LogP contribution in [0.3, 0.4) is 0 Å². The van der Waals surface area contributed by atoms with Gasteiger partial charge in [-0.1, -0.05) is 0 Å². The quantitative estimate of drug-likeness (QED) is 0.667. The van der Waals surface area contributed by atoms with Crippen molar-refractivity contribution in [1.82, 2.24) is 15.1 Å². The predicted octanol–water partition coefficient (Wildman–Crippen LogP) is 0.341. The van der Waals surface area contributed by atoms with E-state index in [1.807, 2.05) is 0 Å². The van der Waals surface area contributed by atoms with E-state index in [1.54, 1.807) is 10.9 Å². The minimum Gasteiger partial charge on any atom is -0.505 e. The lowest BCUT2D eigenvalue weighted by molar-refractivity contribution is 0.461. The van der Waals surface area contributed by atoms with Crippen LogP contribution in [-0.4, -0.2) is 27.5 Å². The van der Waals surface area contributed by atoms with Crippen molar-refractivity contribution in [2.24, 2.45) is 0 Å². The third kappa shape index (κ3) is 1.58. The number of rotatable bonds is 2. The van der Waals surface area contributed by atoms with E-state index in [4.69, 9.17) is 5.11 Å². The lowest BCUT2D eigenvalue weighted by Crippen LogP contribution is -2.26. The van der Waals surface area contributed by atoms with Crippen molar-refractivity contribution in [3.8, 4) is 5.75 Å². The molecule has 1 aliphatic heterocycles. The fraction of sp³-hybridized carbons (Fsp3) is 0.625. The summed E-state index contributed by atoms with van der Waals surface area (Å²) < 4.78 is 1.78. The molecule has 1 saturated heterocycles. The lowest BCUT2D eigenvalue weighted by atomic mass is 10.2. The second kappa shape index (κ2) is 3.15. The minimum absolute atomic E-state index is 0.244. The number of nitrogens with one attached hydrogen (secondary N) is 1. The first-order valence-electron chi connectivity index (χ1n) is 4.29. The molecule has 0 saturated carbocycles. The van der Waals surface area contributed by atoms with Gasteiger partial charge < -0.3 is 10.4 Å². The summed E-state index contributed by atoms with van der Waals surface area (Å²) >= 11 is 0. The van der Waals surface area contributed by atoms with Crippen LogP contribution in [0.5, 0.6) is 5.75 Å². The maximum absolute atomic E-state index is 9.02. The first-order chi connectivity index (χ1) is 5.84. The van der Waals surface area contributed by atoms with Crippen molar-refractivity contribution < 1.29 is 5.11 Å². The summed E-state index contributed by atoms with van der Waals surface area (Å²) in [5.74, 6) is 0.244. The molecule has 2 N–H and O–H groups in total. The van der Waals surface area contributed by atoms with Crippen molar-refractivity contribution in [2.45, 2.75) is 25.4 Å². The molecule has 0 amide bonds. The topological polar surface area (TPSA) is 50.1 Å². The van der Waals surface area contributed by atoms with Crippen LogP contribution in [-0.2, 0) is 6.54 Å². The van der Waals surface area contributed by atoms with Gasteiger partial charge in [0.2, 0.25) is 0 Å². The highest BCUT2D eigenvalue weighted by Gasteiger charge is 2.14. The zero-order valence-corrected chi connectivity index (χ0v) is 6.90. The molecule has 0 aromatic carbocycles. The monoisotopic (exact) mass is 167 g/mol. The highest BCUT2D eigenvalue weighted by Crippen LogP contribution is 2.09. The predicted molar refractivity (Wildman–Crippen MR) is 44.9 cm³/mol. The van der Waals surface area contributed by atoms with Crippen molar-refractivity contribution in [3.63, 3.8) is 0 Å². The molecule has 4 nitrogen and oxygen atoms in total. The van der Waals surface area contributed by atoms with Gasteiger partial charge in [-0.05, 0) is 19.4 Å². The average Bonchev–Trinajstić information content (AvgIpc) is 2.63. The maximum atomic E-state index is 9.02. The number of hydrogen-bond donors (Lipinski definition) is 2. The Balaban J connectivity index is 1.94. The van der Waals surface area contributed by atoms with Crippen LogP contribution < -0.4 is 5.32 Å². The minimum atomic E-state index is 0.244. The van der Waals surface area contributed by atoms with E-state index >= 15 is 0 Å². The molecule has 1 unspecified atom stereocenters. The molecule has 2 heterocycles. The summed E-state index contributed by atoms with van der Waals surface area (Å²) in [4.78, 5) is 0. The Morgan fingerprint density at radius 3 is 3.25 bits per heavy atom. The molecule has 1 aromatic heterocycles. The van der Waals surface area contributed by atoms with Gasteiger partial charge >= 0.3 is 0 Å². The van der Waals surface area contributed by atoms with Crippen molar-refractivity contribution in [1.29, 1.82) is 0 Å². The van der Waals surface area contributed by atoms with Gasteiger partial charge in [0.25, 0.3) is 0 Å². The van der Waals surface area contributed by atoms with Crippen LogP contribution >= 0.6 is 0 Å². The number of nitrogens with zero attached hydrogens (tertiary/aromatic N) is 2. The van der Waals surface area contributed by atoms with Crippen molar-refractivity contribution in [3.05, 3.63) is 12.4 Å². The molecular weight excluding hydrogens is 154 g/mol. The van der Waals surface area contributed by atoms with E-state index in [0.29, 0.717) is 6.04 Å². The fourth-order valence-corrected chi connectivity index (χ4v) is 1.59. The number of hydrogen-bond acceptors (Lipinski definition) is 3. The third-order valence-electron chi connectivity index (χ3n) is 2.19. The molecule has 1 aliphatic rings. The van der Waals surface area contributed by atoms with Gasteiger partial charge in [0.15, 0.2) is 5.75 Å². The van der Waals surface area contributed by atoms with E-state index in [-0.39, 0.29) is 5.75 Å². The van der Waals surface area contributed by atoms with Gasteiger partial charge in [-0.25, -0.2) is 0 Å². The zero-order chi connectivity index (χ0) is 8.39. The maximum Gasteiger partial charge on any atom is 0.153 e. The van der Waals surface area contributed by atoms with Gasteiger partial charge in [0, 0.05) is 6.04 Å². The summed E-state index contributed by atoms with van der Waals surface area (Å²) in [6.07, 6.45) is 5.58. The molecular formula is C8H13N3O. The zero-order valence-electron chi connectivity index (χ0n) is 6.90. The molecule has 0 spiro atoms. The standard InChI is InChI=1S/C8H13N3O/c12-8-4-10-11(6-8)5-7-2-1-3-9-7/h4,6-7,9,12H,1-3,5H2. The molecule has 1 fully saturated rings. The van der Waals surface area contributed by atoms with Gasteiger partial charge in [0.05, 0.1) is 18.9 Å². The second-order valence-corrected chi connectivity index (χ2v) is 3.21. The first-order valence-corrected chi connectivity index (χ1v) is 4.29. The SMILES string of the molecule is Oc1cnn(CC2CCCN2)c1. The lowest BCUT2D eigenvalue weighted by Gasteiger charge is -2.08. The average molecular weight is 167 g/mol. The molecule has 4 heteroatoms. The summed E-state index contributed by atoms with van der Waals surface area (Å²) in [7, 11) is 0. The van der Waals surface area contributed by atoms with E-state index < -0.39 is 0 Å². The molecule has 12 heavy (non-hydrogen) atoms. The van der Waals surface area contributed by atoms with Gasteiger partial charge in [0.1, 0.15) is 0 Å². The van der Waals surface area contributed by atoms with Gasteiger partial charge in [-0.15, -0.1) is 0 Å². The van der Waals surface area contributed by atoms with Gasteiger partial charge in [-0.2, -0.15) is 5.10 Å². The largest absolute Gasteiger partial charge is 0.505 e. The summed E-state index contributed by atoms with van der Waals surface area (Å²) in [6, 6.07) is 0.532. The van der Waals surface area contributed by atoms with Gasteiger partial charge in [-0.3, -0.25) is 4.68 Å². The van der Waals surface area contributed by atoms with Crippen LogP contribution in [0.15, 0.2) is 12.4 Å². The number of aromatic hydroxyl groups is 1. The molecule has 1 aromatic rings. The van der Waals surface area contributed by atoms with E-state index in [1.165, 1.54) is 19.0 Å². The molecule has 0 bridgehead atoms. The van der Waals surface area contributed by atoms with E-state index in [0.717, 1.165) is 13.1 Å². The van der Waals surface area contributed by atoms with Crippen LogP contribution in [0.1, 0.15) is 12.8 Å². The molecule has 1 atom stereocenters. The highest BCUT2D eigenvalue weighted by molar-refractivity contribution is 5.08. The molecule has 0 radical (unpaired) electrons. The summed E-state index contributed by atoms with van der Waals surface area (Å²) in [5.41, 5.74) is 0.